The van der Waals surface area contributed by atoms with Gasteiger partial charge in [-0.15, -0.1) is 11.3 Å². The summed E-state index contributed by atoms with van der Waals surface area (Å²) in [6.07, 6.45) is 5.37. The number of thiophene rings is 1. The predicted molar refractivity (Wildman–Crippen MR) is 128 cm³/mol. The fourth-order valence-corrected chi connectivity index (χ4v) is 5.25. The molecule has 0 unspecified atom stereocenters. The van der Waals surface area contributed by atoms with Gasteiger partial charge >= 0.3 is 0 Å². The molecule has 4 rings (SSSR count). The molecule has 0 atom stereocenters. The predicted octanol–water partition coefficient (Wildman–Crippen LogP) is 6.23. The zero-order valence-corrected chi connectivity index (χ0v) is 18.9. The number of hydrazone groups is 1. The van der Waals surface area contributed by atoms with Crippen molar-refractivity contribution in [2.75, 3.05) is 5.32 Å². The summed E-state index contributed by atoms with van der Waals surface area (Å²) in [6.45, 7) is 1.81. The maximum Gasteiger partial charge on any atom is 0.283 e. The summed E-state index contributed by atoms with van der Waals surface area (Å²) in [7, 11) is 0. The van der Waals surface area contributed by atoms with Crippen molar-refractivity contribution in [2.45, 2.75) is 39.0 Å². The number of fused-ring (bicyclic) bond motifs is 1. The van der Waals surface area contributed by atoms with Crippen LogP contribution in [0.15, 0.2) is 53.6 Å². The molecular weight excluding hydrogens is 430 g/mol. The Kier molecular flexibility index (Phi) is 6.68. The van der Waals surface area contributed by atoms with Gasteiger partial charge in [0.1, 0.15) is 4.88 Å². The lowest BCUT2D eigenvalue weighted by Crippen LogP contribution is -2.24. The minimum absolute atomic E-state index is 0.0825. The molecule has 5 nitrogen and oxygen atoms in total. The van der Waals surface area contributed by atoms with Crippen LogP contribution in [0.4, 0.5) is 5.69 Å². The monoisotopic (exact) mass is 453 g/mol. The molecule has 2 amide bonds. The molecule has 0 saturated heterocycles. The molecule has 7 heteroatoms. The van der Waals surface area contributed by atoms with Crippen molar-refractivity contribution in [3.05, 3.63) is 64.0 Å². The van der Waals surface area contributed by atoms with Crippen LogP contribution in [0.25, 0.3) is 10.1 Å². The first kappa shape index (κ1) is 21.5. The number of anilines is 1. The van der Waals surface area contributed by atoms with Gasteiger partial charge in [0.15, 0.2) is 0 Å². The minimum atomic E-state index is -0.340. The van der Waals surface area contributed by atoms with Crippen molar-refractivity contribution in [2.24, 2.45) is 11.0 Å². The highest BCUT2D eigenvalue weighted by Gasteiger charge is 2.21. The molecule has 0 spiro atoms. The summed E-state index contributed by atoms with van der Waals surface area (Å²) in [5, 5.41) is 8.57. The lowest BCUT2D eigenvalue weighted by molar-refractivity contribution is -0.120. The summed E-state index contributed by atoms with van der Waals surface area (Å²) in [5.41, 5.74) is 4.80. The van der Waals surface area contributed by atoms with Gasteiger partial charge in [-0.25, -0.2) is 5.43 Å². The van der Waals surface area contributed by atoms with Gasteiger partial charge in [-0.1, -0.05) is 61.2 Å². The molecule has 1 saturated carbocycles. The van der Waals surface area contributed by atoms with Crippen LogP contribution in [0.2, 0.25) is 5.02 Å². The van der Waals surface area contributed by atoms with Crippen molar-refractivity contribution in [3.8, 4) is 0 Å². The first-order valence-electron chi connectivity index (χ1n) is 10.5. The molecule has 0 aliphatic heterocycles. The number of halogens is 1. The Morgan fingerprint density at radius 2 is 1.84 bits per heavy atom. The van der Waals surface area contributed by atoms with Crippen molar-refractivity contribution in [3.63, 3.8) is 0 Å². The number of nitrogens with one attached hydrogen (secondary N) is 2. The number of rotatable bonds is 5. The normalized spacial score (nSPS) is 15.1. The number of amides is 2. The van der Waals surface area contributed by atoms with Crippen LogP contribution in [-0.2, 0) is 4.79 Å². The van der Waals surface area contributed by atoms with Gasteiger partial charge in [-0.3, -0.25) is 9.59 Å². The van der Waals surface area contributed by atoms with Gasteiger partial charge in [0.2, 0.25) is 5.91 Å². The molecule has 0 radical (unpaired) electrons. The number of hydrogen-bond acceptors (Lipinski definition) is 4. The van der Waals surface area contributed by atoms with Crippen LogP contribution in [0, 0.1) is 5.92 Å². The number of hydrogen-bond donors (Lipinski definition) is 2. The van der Waals surface area contributed by atoms with Crippen molar-refractivity contribution in [1.29, 1.82) is 0 Å². The largest absolute Gasteiger partial charge is 0.326 e. The van der Waals surface area contributed by atoms with E-state index in [9.17, 15) is 9.59 Å². The average molecular weight is 454 g/mol. The van der Waals surface area contributed by atoms with Gasteiger partial charge < -0.3 is 5.32 Å². The lowest BCUT2D eigenvalue weighted by atomic mass is 9.88. The zero-order valence-electron chi connectivity index (χ0n) is 17.3. The molecule has 1 fully saturated rings. The Labute approximate surface area is 190 Å². The topological polar surface area (TPSA) is 70.6 Å². The minimum Gasteiger partial charge on any atom is -0.326 e. The first-order valence-corrected chi connectivity index (χ1v) is 11.7. The molecule has 1 heterocycles. The molecule has 160 valence electrons. The highest BCUT2D eigenvalue weighted by atomic mass is 35.5. The summed E-state index contributed by atoms with van der Waals surface area (Å²) < 4.78 is 0.958. The Bertz CT molecular complexity index is 1150. The Balaban J connectivity index is 1.44. The number of carbonyl (C=O) groups is 2. The molecular formula is C24H24ClN3O2S. The molecule has 31 heavy (non-hydrogen) atoms. The van der Waals surface area contributed by atoms with E-state index in [1.165, 1.54) is 17.8 Å². The summed E-state index contributed by atoms with van der Waals surface area (Å²) in [4.78, 5) is 25.6. The smallest absolute Gasteiger partial charge is 0.283 e. The van der Waals surface area contributed by atoms with E-state index in [1.807, 2.05) is 55.5 Å². The van der Waals surface area contributed by atoms with Crippen LogP contribution in [-0.4, -0.2) is 17.5 Å². The van der Waals surface area contributed by atoms with E-state index in [0.29, 0.717) is 15.6 Å². The van der Waals surface area contributed by atoms with Gasteiger partial charge in [0.05, 0.1) is 10.7 Å². The second-order valence-electron chi connectivity index (χ2n) is 7.78. The molecule has 3 aromatic rings. The quantitative estimate of drug-likeness (QED) is 0.355. The maximum atomic E-state index is 12.6. The van der Waals surface area contributed by atoms with E-state index in [4.69, 9.17) is 11.6 Å². The first-order chi connectivity index (χ1) is 15.0. The lowest BCUT2D eigenvalue weighted by Gasteiger charge is -2.20. The number of benzene rings is 2. The van der Waals surface area contributed by atoms with Crippen molar-refractivity contribution >= 4 is 56.2 Å². The summed E-state index contributed by atoms with van der Waals surface area (Å²) in [5.74, 6) is -0.163. The molecule has 2 N–H and O–H groups in total. The van der Waals surface area contributed by atoms with Crippen LogP contribution >= 0.6 is 22.9 Å². The molecule has 1 aliphatic rings. The highest BCUT2D eigenvalue weighted by molar-refractivity contribution is 7.21. The van der Waals surface area contributed by atoms with Gasteiger partial charge in [0.25, 0.3) is 5.91 Å². The molecule has 1 aromatic heterocycles. The van der Waals surface area contributed by atoms with Crippen LogP contribution in [0.5, 0.6) is 0 Å². The molecule has 1 aliphatic carbocycles. The third-order valence-electron chi connectivity index (χ3n) is 5.59. The second kappa shape index (κ2) is 9.62. The summed E-state index contributed by atoms with van der Waals surface area (Å²) in [6, 6.07) is 15.1. The standard InChI is InChI=1S/C24H24ClN3O2S/c1-15(27-28-24(30)22-21(25)19-12-5-6-13-20(19)31-22)17-10-7-11-18(14-17)26-23(29)16-8-3-2-4-9-16/h5-7,10-14,16H,2-4,8-9H2,1H3,(H,26,29)(H,28,30). The van der Waals surface area contributed by atoms with Gasteiger partial charge in [0, 0.05) is 21.7 Å². The molecule has 0 bridgehead atoms. The Morgan fingerprint density at radius 1 is 1.06 bits per heavy atom. The van der Waals surface area contributed by atoms with E-state index < -0.39 is 0 Å². The van der Waals surface area contributed by atoms with Gasteiger partial charge in [-0.05, 0) is 43.5 Å². The zero-order chi connectivity index (χ0) is 21.8. The Hall–Kier alpha value is -2.70. The fraction of sp³-hybridized carbons (Fsp3) is 0.292. The summed E-state index contributed by atoms with van der Waals surface area (Å²) >= 11 is 7.72. The Morgan fingerprint density at radius 3 is 2.61 bits per heavy atom. The number of carbonyl (C=O) groups excluding carboxylic acids is 2. The average Bonchev–Trinajstić information content (AvgIpc) is 3.14. The van der Waals surface area contributed by atoms with E-state index in [0.717, 1.165) is 47.0 Å². The highest BCUT2D eigenvalue weighted by Crippen LogP contribution is 2.35. The SMILES string of the molecule is CC(=NNC(=O)c1sc2ccccc2c1Cl)c1cccc(NC(=O)C2CCCCC2)c1. The van der Waals surface area contributed by atoms with E-state index in [-0.39, 0.29) is 17.7 Å². The molecule has 2 aromatic carbocycles. The van der Waals surface area contributed by atoms with E-state index in [1.54, 1.807) is 0 Å². The van der Waals surface area contributed by atoms with E-state index in [2.05, 4.69) is 15.8 Å². The maximum absolute atomic E-state index is 12.6. The van der Waals surface area contributed by atoms with Crippen molar-refractivity contribution in [1.82, 2.24) is 5.43 Å². The van der Waals surface area contributed by atoms with Crippen LogP contribution in [0.1, 0.15) is 54.3 Å². The number of nitrogens with zero attached hydrogens (tertiary/aromatic N) is 1. The third-order valence-corrected chi connectivity index (χ3v) is 7.26. The van der Waals surface area contributed by atoms with E-state index >= 15 is 0 Å². The van der Waals surface area contributed by atoms with Gasteiger partial charge in [-0.2, -0.15) is 5.10 Å². The van der Waals surface area contributed by atoms with Crippen LogP contribution in [0.3, 0.4) is 0 Å². The van der Waals surface area contributed by atoms with Crippen molar-refractivity contribution < 1.29 is 9.59 Å². The van der Waals surface area contributed by atoms with Crippen LogP contribution < -0.4 is 10.7 Å². The third kappa shape index (κ3) is 4.97. The fourth-order valence-electron chi connectivity index (χ4n) is 3.84. The second-order valence-corrected chi connectivity index (χ2v) is 9.21.